The van der Waals surface area contributed by atoms with E-state index in [-0.39, 0.29) is 17.0 Å². The number of carbonyl (C=O) groups excluding carboxylic acids is 1. The molecule has 0 saturated heterocycles. The van der Waals surface area contributed by atoms with Crippen molar-refractivity contribution in [2.45, 2.75) is 12.1 Å². The lowest BCUT2D eigenvalue weighted by Crippen LogP contribution is -2.23. The van der Waals surface area contributed by atoms with E-state index in [9.17, 15) is 14.0 Å². The molecule has 0 unspecified atom stereocenters. The molecule has 0 radical (unpaired) electrons. The fourth-order valence-electron chi connectivity index (χ4n) is 3.09. The van der Waals surface area contributed by atoms with E-state index in [0.29, 0.717) is 26.8 Å². The molecule has 0 atom stereocenters. The quantitative estimate of drug-likeness (QED) is 0.332. The number of hydrogen-bond donors (Lipinski definition) is 1. The summed E-state index contributed by atoms with van der Waals surface area (Å²) in [6.07, 6.45) is 0. The summed E-state index contributed by atoms with van der Waals surface area (Å²) in [5.41, 5.74) is 1.67. The van der Waals surface area contributed by atoms with Gasteiger partial charge >= 0.3 is 0 Å². The molecular weight excluding hydrogens is 437 g/mol. The van der Waals surface area contributed by atoms with Gasteiger partial charge in [0.05, 0.1) is 28.0 Å². The third kappa shape index (κ3) is 4.62. The summed E-state index contributed by atoms with van der Waals surface area (Å²) in [6, 6.07) is 18.4. The maximum atomic E-state index is 14.0. The summed E-state index contributed by atoms with van der Waals surface area (Å²) in [5, 5.41) is 3.82. The predicted octanol–water partition coefficient (Wildman–Crippen LogP) is 5.22. The molecule has 31 heavy (non-hydrogen) atoms. The maximum absolute atomic E-state index is 14.0. The molecule has 0 aliphatic rings. The van der Waals surface area contributed by atoms with Gasteiger partial charge in [-0.3, -0.25) is 14.2 Å². The van der Waals surface area contributed by atoms with Crippen molar-refractivity contribution in [2.75, 3.05) is 11.1 Å². The number of hydrogen-bond acceptors (Lipinski definition) is 4. The fraction of sp³-hybridized carbons (Fsp3) is 0.0870. The van der Waals surface area contributed by atoms with Crippen molar-refractivity contribution in [3.63, 3.8) is 0 Å². The first kappa shape index (κ1) is 21.1. The third-order valence-electron chi connectivity index (χ3n) is 4.54. The molecule has 0 spiro atoms. The summed E-state index contributed by atoms with van der Waals surface area (Å²) in [4.78, 5) is 30.2. The van der Waals surface area contributed by atoms with E-state index in [4.69, 9.17) is 11.6 Å². The van der Waals surface area contributed by atoms with E-state index in [0.717, 1.165) is 17.3 Å². The lowest BCUT2D eigenvalue weighted by molar-refractivity contribution is -0.113. The Morgan fingerprint density at radius 1 is 1.13 bits per heavy atom. The molecule has 3 aromatic carbocycles. The van der Waals surface area contributed by atoms with Crippen molar-refractivity contribution < 1.29 is 9.18 Å². The number of aromatic nitrogens is 2. The first-order valence-electron chi connectivity index (χ1n) is 9.39. The molecule has 0 aliphatic heterocycles. The molecule has 0 saturated carbocycles. The van der Waals surface area contributed by atoms with Crippen molar-refractivity contribution >= 4 is 45.9 Å². The number of nitrogens with one attached hydrogen (secondary N) is 1. The Morgan fingerprint density at radius 2 is 1.94 bits per heavy atom. The molecule has 0 bridgehead atoms. The number of benzene rings is 3. The van der Waals surface area contributed by atoms with E-state index >= 15 is 0 Å². The van der Waals surface area contributed by atoms with Gasteiger partial charge < -0.3 is 5.32 Å². The highest BCUT2D eigenvalue weighted by atomic mass is 35.5. The summed E-state index contributed by atoms with van der Waals surface area (Å²) in [6.45, 7) is 1.77. The molecule has 0 aliphatic carbocycles. The highest BCUT2D eigenvalue weighted by Gasteiger charge is 2.16. The minimum Gasteiger partial charge on any atom is -0.323 e. The van der Waals surface area contributed by atoms with Crippen LogP contribution in [-0.2, 0) is 4.79 Å². The number of rotatable bonds is 5. The number of thioether (sulfide) groups is 1. The molecule has 0 fully saturated rings. The smallest absolute Gasteiger partial charge is 0.266 e. The van der Waals surface area contributed by atoms with Gasteiger partial charge in [0.2, 0.25) is 5.91 Å². The zero-order valence-corrected chi connectivity index (χ0v) is 18.0. The van der Waals surface area contributed by atoms with Crippen LogP contribution in [0.4, 0.5) is 10.1 Å². The largest absolute Gasteiger partial charge is 0.323 e. The van der Waals surface area contributed by atoms with Crippen LogP contribution >= 0.6 is 23.4 Å². The Bertz CT molecular complexity index is 1360. The van der Waals surface area contributed by atoms with Crippen LogP contribution in [0.1, 0.15) is 5.56 Å². The number of nitrogens with zero attached hydrogens (tertiary/aromatic N) is 2. The topological polar surface area (TPSA) is 64.0 Å². The van der Waals surface area contributed by atoms with Crippen LogP contribution in [0.2, 0.25) is 5.02 Å². The molecular formula is C23H17ClFN3O2S. The normalized spacial score (nSPS) is 10.9. The molecule has 5 nitrogen and oxygen atoms in total. The van der Waals surface area contributed by atoms with E-state index in [1.165, 1.54) is 16.7 Å². The minimum atomic E-state index is -0.502. The van der Waals surface area contributed by atoms with Crippen molar-refractivity contribution in [3.8, 4) is 5.69 Å². The first-order chi connectivity index (χ1) is 14.9. The summed E-state index contributed by atoms with van der Waals surface area (Å²) in [7, 11) is 0. The van der Waals surface area contributed by atoms with Crippen LogP contribution in [-0.4, -0.2) is 21.2 Å². The van der Waals surface area contributed by atoms with Crippen LogP contribution < -0.4 is 10.9 Å². The van der Waals surface area contributed by atoms with Crippen LogP contribution in [0.15, 0.2) is 76.7 Å². The van der Waals surface area contributed by atoms with E-state index in [1.54, 1.807) is 61.5 Å². The van der Waals surface area contributed by atoms with Gasteiger partial charge in [-0.15, -0.1) is 0 Å². The van der Waals surface area contributed by atoms with Crippen molar-refractivity contribution in [1.29, 1.82) is 0 Å². The second-order valence-electron chi connectivity index (χ2n) is 6.85. The number of anilines is 1. The Morgan fingerprint density at radius 3 is 2.71 bits per heavy atom. The zero-order valence-electron chi connectivity index (χ0n) is 16.4. The number of aryl methyl sites for hydroxylation is 1. The highest BCUT2D eigenvalue weighted by Crippen LogP contribution is 2.23. The van der Waals surface area contributed by atoms with Crippen LogP contribution in [0.25, 0.3) is 16.6 Å². The molecule has 1 amide bonds. The second kappa shape index (κ2) is 8.91. The second-order valence-corrected chi connectivity index (χ2v) is 8.23. The number of halogens is 2. The van der Waals surface area contributed by atoms with Crippen LogP contribution in [0.5, 0.6) is 0 Å². The third-order valence-corrected chi connectivity index (χ3v) is 5.72. The Labute approximate surface area is 186 Å². The lowest BCUT2D eigenvalue weighted by Gasteiger charge is -2.13. The van der Waals surface area contributed by atoms with Gasteiger partial charge in [-0.1, -0.05) is 47.6 Å². The Kier molecular flexibility index (Phi) is 6.06. The van der Waals surface area contributed by atoms with E-state index in [2.05, 4.69) is 10.3 Å². The molecule has 1 aromatic heterocycles. The van der Waals surface area contributed by atoms with Gasteiger partial charge in [0.25, 0.3) is 5.56 Å². The summed E-state index contributed by atoms with van der Waals surface area (Å²) in [5.74, 6) is -0.968. The molecule has 4 aromatic rings. The first-order valence-corrected chi connectivity index (χ1v) is 10.8. The highest BCUT2D eigenvalue weighted by molar-refractivity contribution is 7.99. The molecule has 1 heterocycles. The lowest BCUT2D eigenvalue weighted by atomic mass is 10.2. The van der Waals surface area contributed by atoms with Gasteiger partial charge in [-0.2, -0.15) is 0 Å². The number of para-hydroxylation sites is 1. The molecule has 1 N–H and O–H groups in total. The minimum absolute atomic E-state index is 0.0569. The van der Waals surface area contributed by atoms with Crippen molar-refractivity contribution in [2.24, 2.45) is 0 Å². The van der Waals surface area contributed by atoms with Crippen molar-refractivity contribution in [3.05, 3.63) is 93.5 Å². The number of amides is 1. The van der Waals surface area contributed by atoms with E-state index in [1.807, 2.05) is 0 Å². The number of carbonyl (C=O) groups is 1. The fourth-order valence-corrected chi connectivity index (χ4v) is 4.09. The average molecular weight is 454 g/mol. The Balaban J connectivity index is 1.67. The standard InChI is InChI=1S/C23H17ClFN3O2S/c1-14-9-10-20(18(25)11-14)26-21(29)13-31-23-27-19-8-3-2-7-17(19)22(30)28(23)16-6-4-5-15(24)12-16/h2-12H,13H2,1H3,(H,26,29). The van der Waals surface area contributed by atoms with Gasteiger partial charge in [-0.05, 0) is 55.0 Å². The van der Waals surface area contributed by atoms with Gasteiger partial charge in [0.1, 0.15) is 5.82 Å². The van der Waals surface area contributed by atoms with Crippen LogP contribution in [0, 0.1) is 12.7 Å². The molecule has 4 rings (SSSR count). The Hall–Kier alpha value is -3.16. The number of fused-ring (bicyclic) bond motifs is 1. The van der Waals surface area contributed by atoms with Crippen LogP contribution in [0.3, 0.4) is 0 Å². The predicted molar refractivity (Wildman–Crippen MR) is 123 cm³/mol. The molecule has 156 valence electrons. The van der Waals surface area contributed by atoms with Gasteiger partial charge in [-0.25, -0.2) is 9.37 Å². The summed E-state index contributed by atoms with van der Waals surface area (Å²) >= 11 is 7.21. The average Bonchev–Trinajstić information content (AvgIpc) is 2.74. The molecule has 8 heteroatoms. The van der Waals surface area contributed by atoms with E-state index < -0.39 is 11.7 Å². The SMILES string of the molecule is Cc1ccc(NC(=O)CSc2nc3ccccc3c(=O)n2-c2cccc(Cl)c2)c(F)c1. The van der Waals surface area contributed by atoms with Gasteiger partial charge in [0, 0.05) is 5.02 Å². The van der Waals surface area contributed by atoms with Gasteiger partial charge in [0.15, 0.2) is 5.16 Å². The zero-order chi connectivity index (χ0) is 22.0. The van der Waals surface area contributed by atoms with Crippen molar-refractivity contribution in [1.82, 2.24) is 9.55 Å². The summed E-state index contributed by atoms with van der Waals surface area (Å²) < 4.78 is 15.5. The maximum Gasteiger partial charge on any atom is 0.266 e. The monoisotopic (exact) mass is 453 g/mol.